The molecule has 0 radical (unpaired) electrons. The molecule has 29 heavy (non-hydrogen) atoms. The third-order valence-corrected chi connectivity index (χ3v) is 4.63. The van der Waals surface area contributed by atoms with Crippen LogP contribution in [0.1, 0.15) is 11.9 Å². The van der Waals surface area contributed by atoms with E-state index in [1.807, 2.05) is 54.6 Å². The lowest BCUT2D eigenvalue weighted by molar-refractivity contribution is -0.143. The average Bonchev–Trinajstić information content (AvgIpc) is 3.28. The lowest BCUT2D eigenvalue weighted by Crippen LogP contribution is -2.45. The average molecular weight is 395 g/mol. The summed E-state index contributed by atoms with van der Waals surface area (Å²) in [6, 6.07) is 16.1. The van der Waals surface area contributed by atoms with Gasteiger partial charge < -0.3 is 23.6 Å². The van der Waals surface area contributed by atoms with Crippen molar-refractivity contribution in [2.75, 3.05) is 33.5 Å². The van der Waals surface area contributed by atoms with Gasteiger partial charge in [-0.1, -0.05) is 23.4 Å². The zero-order valence-electron chi connectivity index (χ0n) is 16.0. The zero-order chi connectivity index (χ0) is 20.1. The summed E-state index contributed by atoms with van der Waals surface area (Å²) in [5.74, 6) is 2.01. The number of hydrogen-bond acceptors (Lipinski definition) is 7. The second-order valence-electron chi connectivity index (χ2n) is 6.46. The van der Waals surface area contributed by atoms with Crippen molar-refractivity contribution in [3.05, 3.63) is 60.5 Å². The van der Waals surface area contributed by atoms with E-state index in [1.165, 1.54) is 0 Å². The number of nitrogens with zero attached hydrogens (tertiary/aromatic N) is 3. The van der Waals surface area contributed by atoms with Crippen molar-refractivity contribution in [2.45, 2.75) is 6.04 Å². The number of carbonyl (C=O) groups is 1. The maximum Gasteiger partial charge on any atom is 0.261 e. The molecule has 1 saturated heterocycles. The second kappa shape index (κ2) is 8.74. The van der Waals surface area contributed by atoms with Crippen LogP contribution in [-0.2, 0) is 9.53 Å². The van der Waals surface area contributed by atoms with E-state index >= 15 is 0 Å². The van der Waals surface area contributed by atoms with Crippen molar-refractivity contribution >= 4 is 5.91 Å². The number of carbonyl (C=O) groups excluding carboxylic acids is 1. The van der Waals surface area contributed by atoms with Gasteiger partial charge in [-0.05, 0) is 36.4 Å². The Morgan fingerprint density at radius 1 is 1.14 bits per heavy atom. The summed E-state index contributed by atoms with van der Waals surface area (Å²) in [6.07, 6.45) is 0. The first-order chi connectivity index (χ1) is 14.2. The number of methoxy groups -OCH3 is 1. The number of hydrogen-bond donors (Lipinski definition) is 0. The Labute approximate surface area is 168 Å². The molecule has 0 spiro atoms. The molecule has 1 fully saturated rings. The molecule has 4 rings (SSSR count). The van der Waals surface area contributed by atoms with Gasteiger partial charge in [0.15, 0.2) is 6.61 Å². The van der Waals surface area contributed by atoms with Crippen molar-refractivity contribution in [3.8, 4) is 22.9 Å². The minimum Gasteiger partial charge on any atom is -0.497 e. The monoisotopic (exact) mass is 395 g/mol. The predicted molar refractivity (Wildman–Crippen MR) is 103 cm³/mol. The third-order valence-electron chi connectivity index (χ3n) is 4.63. The summed E-state index contributed by atoms with van der Waals surface area (Å²) in [6.45, 7) is 1.11. The van der Waals surface area contributed by atoms with Crippen LogP contribution in [0.15, 0.2) is 59.1 Å². The molecule has 1 aromatic heterocycles. The van der Waals surface area contributed by atoms with E-state index in [0.29, 0.717) is 37.2 Å². The fourth-order valence-corrected chi connectivity index (χ4v) is 3.08. The first kappa shape index (κ1) is 18.9. The van der Waals surface area contributed by atoms with E-state index in [-0.39, 0.29) is 12.5 Å². The third kappa shape index (κ3) is 4.38. The molecule has 2 heterocycles. The summed E-state index contributed by atoms with van der Waals surface area (Å²) < 4.78 is 21.8. The molecular weight excluding hydrogens is 374 g/mol. The minimum absolute atomic E-state index is 0.0695. The highest BCUT2D eigenvalue weighted by Crippen LogP contribution is 2.26. The van der Waals surface area contributed by atoms with Gasteiger partial charge in [-0.2, -0.15) is 4.98 Å². The molecule has 0 saturated carbocycles. The smallest absolute Gasteiger partial charge is 0.261 e. The highest BCUT2D eigenvalue weighted by molar-refractivity contribution is 5.78. The van der Waals surface area contributed by atoms with Gasteiger partial charge >= 0.3 is 0 Å². The van der Waals surface area contributed by atoms with Crippen LogP contribution < -0.4 is 9.47 Å². The Kier molecular flexibility index (Phi) is 5.71. The maximum atomic E-state index is 12.7. The molecule has 0 bridgehead atoms. The molecule has 3 aromatic rings. The topological polar surface area (TPSA) is 86.9 Å². The van der Waals surface area contributed by atoms with Crippen LogP contribution in [0, 0.1) is 0 Å². The van der Waals surface area contributed by atoms with Crippen LogP contribution in [0.4, 0.5) is 0 Å². The number of morpholine rings is 1. The number of aromatic nitrogens is 2. The van der Waals surface area contributed by atoms with Crippen molar-refractivity contribution in [1.82, 2.24) is 15.0 Å². The van der Waals surface area contributed by atoms with E-state index in [2.05, 4.69) is 10.1 Å². The number of ether oxygens (including phenoxy) is 3. The Hall–Kier alpha value is -3.39. The van der Waals surface area contributed by atoms with Crippen molar-refractivity contribution in [2.24, 2.45) is 0 Å². The highest BCUT2D eigenvalue weighted by Gasteiger charge is 2.33. The van der Waals surface area contributed by atoms with Gasteiger partial charge in [-0.25, -0.2) is 0 Å². The largest absolute Gasteiger partial charge is 0.497 e. The van der Waals surface area contributed by atoms with Gasteiger partial charge in [0.1, 0.15) is 17.5 Å². The standard InChI is InChI=1S/C21H21N3O5/c1-26-16-9-7-15(8-10-16)20-22-21(29-23-20)18-13-27-12-11-24(18)19(25)14-28-17-5-3-2-4-6-17/h2-10,18H,11-14H2,1H3. The fraction of sp³-hybridized carbons (Fsp3) is 0.286. The Morgan fingerprint density at radius 2 is 1.93 bits per heavy atom. The molecule has 1 atom stereocenters. The summed E-state index contributed by atoms with van der Waals surface area (Å²) in [4.78, 5) is 18.9. The van der Waals surface area contributed by atoms with Crippen LogP contribution in [0.3, 0.4) is 0 Å². The molecule has 1 unspecified atom stereocenters. The molecule has 1 amide bonds. The normalized spacial score (nSPS) is 16.4. The molecule has 1 aliphatic heterocycles. The summed E-state index contributed by atoms with van der Waals surface area (Å²) in [5, 5.41) is 4.05. The van der Waals surface area contributed by atoms with Crippen LogP contribution in [0.25, 0.3) is 11.4 Å². The van der Waals surface area contributed by atoms with Gasteiger partial charge in [0.2, 0.25) is 5.82 Å². The Morgan fingerprint density at radius 3 is 2.69 bits per heavy atom. The lowest BCUT2D eigenvalue weighted by atomic mass is 10.2. The zero-order valence-corrected chi connectivity index (χ0v) is 16.0. The van der Waals surface area contributed by atoms with Crippen LogP contribution >= 0.6 is 0 Å². The quantitative estimate of drug-likeness (QED) is 0.634. The molecule has 8 nitrogen and oxygen atoms in total. The first-order valence-electron chi connectivity index (χ1n) is 9.27. The molecule has 0 aliphatic carbocycles. The van der Waals surface area contributed by atoms with Gasteiger partial charge in [-0.15, -0.1) is 0 Å². The molecule has 0 N–H and O–H groups in total. The fourth-order valence-electron chi connectivity index (χ4n) is 3.08. The maximum absolute atomic E-state index is 12.7. The number of rotatable bonds is 6. The number of para-hydroxylation sites is 1. The van der Waals surface area contributed by atoms with Crippen LogP contribution in [0.2, 0.25) is 0 Å². The summed E-state index contributed by atoms with van der Waals surface area (Å²) in [7, 11) is 1.61. The van der Waals surface area contributed by atoms with Gasteiger partial charge in [0, 0.05) is 12.1 Å². The van der Waals surface area contributed by atoms with Crippen molar-refractivity contribution in [3.63, 3.8) is 0 Å². The Bertz CT molecular complexity index is 942. The van der Waals surface area contributed by atoms with E-state index in [4.69, 9.17) is 18.7 Å². The van der Waals surface area contributed by atoms with Crippen molar-refractivity contribution < 1.29 is 23.5 Å². The van der Waals surface area contributed by atoms with E-state index < -0.39 is 6.04 Å². The van der Waals surface area contributed by atoms with E-state index in [1.54, 1.807) is 12.0 Å². The van der Waals surface area contributed by atoms with E-state index in [0.717, 1.165) is 11.3 Å². The van der Waals surface area contributed by atoms with Crippen LogP contribution in [0.5, 0.6) is 11.5 Å². The second-order valence-corrected chi connectivity index (χ2v) is 6.46. The van der Waals surface area contributed by atoms with Gasteiger partial charge in [0.25, 0.3) is 11.8 Å². The predicted octanol–water partition coefficient (Wildman–Crippen LogP) is 2.72. The SMILES string of the molecule is COc1ccc(-c2noc(C3COCCN3C(=O)COc3ccccc3)n2)cc1. The van der Waals surface area contributed by atoms with Gasteiger partial charge in [-0.3, -0.25) is 4.79 Å². The molecule has 1 aliphatic rings. The molecule has 8 heteroatoms. The lowest BCUT2D eigenvalue weighted by Gasteiger charge is -2.33. The van der Waals surface area contributed by atoms with Crippen LogP contribution in [-0.4, -0.2) is 54.4 Å². The first-order valence-corrected chi connectivity index (χ1v) is 9.27. The van der Waals surface area contributed by atoms with Crippen molar-refractivity contribution in [1.29, 1.82) is 0 Å². The Balaban J connectivity index is 1.47. The molecule has 2 aromatic carbocycles. The van der Waals surface area contributed by atoms with E-state index in [9.17, 15) is 4.79 Å². The highest BCUT2D eigenvalue weighted by atomic mass is 16.5. The molecule has 150 valence electrons. The summed E-state index contributed by atoms with van der Waals surface area (Å²) in [5.41, 5.74) is 0.794. The molecular formula is C21H21N3O5. The summed E-state index contributed by atoms with van der Waals surface area (Å²) >= 11 is 0. The minimum atomic E-state index is -0.449. The van der Waals surface area contributed by atoms with Gasteiger partial charge in [0.05, 0.1) is 20.3 Å². The number of amides is 1. The number of benzene rings is 2.